The Morgan fingerprint density at radius 3 is 2.40 bits per heavy atom. The van der Waals surface area contributed by atoms with Crippen molar-refractivity contribution in [3.8, 4) is 0 Å². The number of halogens is 3. The van der Waals surface area contributed by atoms with Gasteiger partial charge in [0, 0.05) is 19.8 Å². The van der Waals surface area contributed by atoms with Crippen molar-refractivity contribution in [1.82, 2.24) is 9.88 Å². The van der Waals surface area contributed by atoms with Crippen molar-refractivity contribution in [3.63, 3.8) is 0 Å². The molecule has 1 heterocycles. The normalized spacial score (nSPS) is 12.8. The highest BCUT2D eigenvalue weighted by atomic mass is 19.4. The van der Waals surface area contributed by atoms with Gasteiger partial charge in [0.1, 0.15) is 5.69 Å². The second kappa shape index (κ2) is 5.89. The fourth-order valence-corrected chi connectivity index (χ4v) is 1.46. The van der Waals surface area contributed by atoms with Crippen LogP contribution >= 0.6 is 0 Å². The molecular weight excluding hydrogens is 277 g/mol. The summed E-state index contributed by atoms with van der Waals surface area (Å²) in [4.78, 5) is 27.1. The lowest BCUT2D eigenvalue weighted by Gasteiger charge is -2.19. The van der Waals surface area contributed by atoms with E-state index in [0.717, 1.165) is 17.0 Å². The largest absolute Gasteiger partial charge is 0.481 e. The average Bonchev–Trinajstić information content (AvgIpc) is 2.36. The number of aliphatic carboxylic acids is 1. The number of aromatic nitrogens is 1. The van der Waals surface area contributed by atoms with Crippen molar-refractivity contribution in [1.29, 1.82) is 0 Å². The molecule has 0 bridgehead atoms. The Kier molecular flexibility index (Phi) is 4.69. The maximum Gasteiger partial charge on any atom is 0.417 e. The molecule has 0 aliphatic rings. The molecule has 1 N–H and O–H groups in total. The van der Waals surface area contributed by atoms with Gasteiger partial charge in [0.05, 0.1) is 11.5 Å². The van der Waals surface area contributed by atoms with Gasteiger partial charge in [-0.3, -0.25) is 14.6 Å². The first-order chi connectivity index (χ1) is 9.12. The molecule has 0 aromatic carbocycles. The van der Waals surface area contributed by atoms with E-state index in [-0.39, 0.29) is 12.2 Å². The van der Waals surface area contributed by atoms with Crippen LogP contribution in [0.1, 0.15) is 23.0 Å². The molecule has 110 valence electrons. The van der Waals surface area contributed by atoms with Gasteiger partial charge in [-0.2, -0.15) is 13.2 Å². The summed E-state index contributed by atoms with van der Waals surface area (Å²) in [6.07, 6.45) is -3.94. The summed E-state index contributed by atoms with van der Waals surface area (Å²) in [5, 5.41) is 8.73. The highest BCUT2D eigenvalue weighted by Crippen LogP contribution is 2.28. The van der Waals surface area contributed by atoms with Gasteiger partial charge in [-0.25, -0.2) is 0 Å². The Morgan fingerprint density at radius 2 is 2.00 bits per heavy atom. The summed E-state index contributed by atoms with van der Waals surface area (Å²) in [5.41, 5.74) is -1.12. The second-order valence-corrected chi connectivity index (χ2v) is 4.35. The number of carbonyl (C=O) groups is 2. The van der Waals surface area contributed by atoms with E-state index >= 15 is 0 Å². The van der Waals surface area contributed by atoms with Crippen LogP contribution < -0.4 is 0 Å². The van der Waals surface area contributed by atoms with E-state index in [4.69, 9.17) is 5.11 Å². The molecule has 0 fully saturated rings. The van der Waals surface area contributed by atoms with Crippen molar-refractivity contribution in [2.24, 2.45) is 5.92 Å². The number of alkyl halides is 3. The highest BCUT2D eigenvalue weighted by molar-refractivity contribution is 5.92. The van der Waals surface area contributed by atoms with Crippen LogP contribution in [0.15, 0.2) is 18.3 Å². The van der Waals surface area contributed by atoms with Crippen LogP contribution in [0.2, 0.25) is 0 Å². The standard InChI is InChI=1S/C12H13F3N2O3/c1-7(11(19)20)6-17(2)10(18)9-4-3-8(5-16-9)12(13,14)15/h3-5,7H,6H2,1-2H3,(H,19,20). The summed E-state index contributed by atoms with van der Waals surface area (Å²) in [7, 11) is 1.36. The number of nitrogens with zero attached hydrogens (tertiary/aromatic N) is 2. The Hall–Kier alpha value is -2.12. The van der Waals surface area contributed by atoms with E-state index in [1.165, 1.54) is 14.0 Å². The first kappa shape index (κ1) is 15.9. The summed E-state index contributed by atoms with van der Waals surface area (Å²) < 4.78 is 37.0. The number of carboxylic acids is 1. The summed E-state index contributed by atoms with van der Waals surface area (Å²) >= 11 is 0. The van der Waals surface area contributed by atoms with Gasteiger partial charge in [-0.15, -0.1) is 0 Å². The molecule has 0 radical (unpaired) electrons. The van der Waals surface area contributed by atoms with E-state index in [2.05, 4.69) is 4.98 Å². The van der Waals surface area contributed by atoms with Gasteiger partial charge in [-0.05, 0) is 12.1 Å². The molecule has 0 aliphatic carbocycles. The average molecular weight is 290 g/mol. The van der Waals surface area contributed by atoms with Crippen LogP contribution in [-0.4, -0.2) is 40.5 Å². The minimum Gasteiger partial charge on any atom is -0.481 e. The minimum atomic E-state index is -4.52. The first-order valence-electron chi connectivity index (χ1n) is 5.64. The lowest BCUT2D eigenvalue weighted by Crippen LogP contribution is -2.34. The van der Waals surface area contributed by atoms with Gasteiger partial charge in [0.15, 0.2) is 0 Å². The molecule has 1 unspecified atom stereocenters. The lowest BCUT2D eigenvalue weighted by molar-refractivity contribution is -0.141. The van der Waals surface area contributed by atoms with Gasteiger partial charge in [0.2, 0.25) is 0 Å². The smallest absolute Gasteiger partial charge is 0.417 e. The molecule has 0 saturated carbocycles. The van der Waals surface area contributed by atoms with Crippen LogP contribution in [0, 0.1) is 5.92 Å². The van der Waals surface area contributed by atoms with E-state index < -0.39 is 29.5 Å². The van der Waals surface area contributed by atoms with Crippen LogP contribution in [0.4, 0.5) is 13.2 Å². The van der Waals surface area contributed by atoms with Gasteiger partial charge in [-0.1, -0.05) is 6.92 Å². The number of hydrogen-bond acceptors (Lipinski definition) is 3. The zero-order chi connectivity index (χ0) is 15.5. The molecule has 1 rings (SSSR count). The third-order valence-corrected chi connectivity index (χ3v) is 2.63. The van der Waals surface area contributed by atoms with Crippen LogP contribution in [0.3, 0.4) is 0 Å². The Labute approximate surface area is 113 Å². The van der Waals surface area contributed by atoms with Gasteiger partial charge < -0.3 is 10.0 Å². The van der Waals surface area contributed by atoms with Gasteiger partial charge >= 0.3 is 12.1 Å². The number of hydrogen-bond donors (Lipinski definition) is 1. The van der Waals surface area contributed by atoms with E-state index in [1.807, 2.05) is 0 Å². The van der Waals surface area contributed by atoms with Crippen molar-refractivity contribution in [3.05, 3.63) is 29.6 Å². The molecule has 5 nitrogen and oxygen atoms in total. The fraction of sp³-hybridized carbons (Fsp3) is 0.417. The number of carbonyl (C=O) groups excluding carboxylic acids is 1. The Bertz CT molecular complexity index is 500. The van der Waals surface area contributed by atoms with Crippen LogP contribution in [0.5, 0.6) is 0 Å². The molecule has 1 aromatic rings. The van der Waals surface area contributed by atoms with Crippen molar-refractivity contribution in [2.75, 3.05) is 13.6 Å². The van der Waals surface area contributed by atoms with Crippen molar-refractivity contribution < 1.29 is 27.9 Å². The Balaban J connectivity index is 2.80. The summed E-state index contributed by atoms with van der Waals surface area (Å²) in [6, 6.07) is 1.72. The van der Waals surface area contributed by atoms with E-state index in [9.17, 15) is 22.8 Å². The topological polar surface area (TPSA) is 70.5 Å². The molecule has 0 saturated heterocycles. The maximum absolute atomic E-state index is 12.3. The predicted molar refractivity (Wildman–Crippen MR) is 63.0 cm³/mol. The zero-order valence-corrected chi connectivity index (χ0v) is 10.8. The van der Waals surface area contributed by atoms with Crippen LogP contribution in [-0.2, 0) is 11.0 Å². The minimum absolute atomic E-state index is 0.0587. The lowest BCUT2D eigenvalue weighted by atomic mass is 10.1. The third kappa shape index (κ3) is 3.94. The molecule has 0 spiro atoms. The van der Waals surface area contributed by atoms with E-state index in [0.29, 0.717) is 6.20 Å². The number of amides is 1. The number of pyridine rings is 1. The van der Waals surface area contributed by atoms with Gasteiger partial charge in [0.25, 0.3) is 5.91 Å². The first-order valence-corrected chi connectivity index (χ1v) is 5.64. The molecule has 1 aromatic heterocycles. The molecule has 1 atom stereocenters. The zero-order valence-electron chi connectivity index (χ0n) is 10.8. The second-order valence-electron chi connectivity index (χ2n) is 4.35. The van der Waals surface area contributed by atoms with Crippen LogP contribution in [0.25, 0.3) is 0 Å². The fourth-order valence-electron chi connectivity index (χ4n) is 1.46. The SMILES string of the molecule is CC(CN(C)C(=O)c1ccc(C(F)(F)F)cn1)C(=O)O. The molecule has 8 heteroatoms. The molecule has 1 amide bonds. The maximum atomic E-state index is 12.3. The monoisotopic (exact) mass is 290 g/mol. The summed E-state index contributed by atoms with van der Waals surface area (Å²) in [5.74, 6) is -2.48. The molecular formula is C12H13F3N2O3. The number of rotatable bonds is 4. The molecule has 20 heavy (non-hydrogen) atoms. The van der Waals surface area contributed by atoms with Crippen molar-refractivity contribution in [2.45, 2.75) is 13.1 Å². The third-order valence-electron chi connectivity index (χ3n) is 2.63. The Morgan fingerprint density at radius 1 is 1.40 bits per heavy atom. The molecule has 0 aliphatic heterocycles. The van der Waals surface area contributed by atoms with Crippen molar-refractivity contribution >= 4 is 11.9 Å². The van der Waals surface area contributed by atoms with E-state index in [1.54, 1.807) is 0 Å². The summed E-state index contributed by atoms with van der Waals surface area (Å²) in [6.45, 7) is 1.36. The predicted octanol–water partition coefficient (Wildman–Crippen LogP) is 1.89. The number of carboxylic acid groups (broad SMARTS) is 1. The highest BCUT2D eigenvalue weighted by Gasteiger charge is 2.31. The quantitative estimate of drug-likeness (QED) is 0.919.